The third kappa shape index (κ3) is 3.19. The van der Waals surface area contributed by atoms with Gasteiger partial charge in [0.2, 0.25) is 0 Å². The maximum Gasteiger partial charge on any atom is 0.148 e. The minimum atomic E-state index is -0.515. The molecule has 2 rings (SSSR count). The molecule has 0 atom stereocenters. The molecule has 3 N–H and O–H groups in total. The average Bonchev–Trinajstić information content (AvgIpc) is 2.41. The lowest BCUT2D eigenvalue weighted by molar-refractivity contribution is 0.416. The number of methoxy groups -OCH3 is 1. The van der Waals surface area contributed by atoms with E-state index in [0.717, 1.165) is 4.47 Å². The van der Waals surface area contributed by atoms with Gasteiger partial charge in [0, 0.05) is 28.7 Å². The van der Waals surface area contributed by atoms with Crippen molar-refractivity contribution in [3.05, 3.63) is 52.0 Å². The number of rotatable bonds is 4. The number of nitrogens with one attached hydrogen (secondary N) is 1. The zero-order valence-corrected chi connectivity index (χ0v) is 12.3. The Kier molecular flexibility index (Phi) is 4.44. The van der Waals surface area contributed by atoms with Gasteiger partial charge in [0.05, 0.1) is 18.5 Å². The molecule has 2 aromatic carbocycles. The summed E-state index contributed by atoms with van der Waals surface area (Å²) in [7, 11) is 1.45. The van der Waals surface area contributed by atoms with Gasteiger partial charge in [-0.05, 0) is 18.2 Å². The first-order chi connectivity index (χ1) is 9.51. The van der Waals surface area contributed by atoms with Gasteiger partial charge in [-0.3, -0.25) is 0 Å². The summed E-state index contributed by atoms with van der Waals surface area (Å²) in [5, 5.41) is 2.83. The lowest BCUT2D eigenvalue weighted by Gasteiger charge is -2.12. The zero-order valence-electron chi connectivity index (χ0n) is 10.7. The topological polar surface area (TPSA) is 47.3 Å². The van der Waals surface area contributed by atoms with Gasteiger partial charge < -0.3 is 15.8 Å². The van der Waals surface area contributed by atoms with Crippen molar-refractivity contribution in [1.82, 2.24) is 0 Å². The molecule has 0 aromatic heterocycles. The number of anilines is 2. The van der Waals surface area contributed by atoms with Crippen LogP contribution in [-0.2, 0) is 6.54 Å². The summed E-state index contributed by atoms with van der Waals surface area (Å²) in [5.74, 6) is -0.508. The molecule has 106 valence electrons. The van der Waals surface area contributed by atoms with Crippen LogP contribution in [0.3, 0.4) is 0 Å². The van der Waals surface area contributed by atoms with Crippen LogP contribution in [0.2, 0.25) is 0 Å². The summed E-state index contributed by atoms with van der Waals surface area (Å²) >= 11 is 3.26. The quantitative estimate of drug-likeness (QED) is 0.827. The van der Waals surface area contributed by atoms with Crippen molar-refractivity contribution in [2.45, 2.75) is 6.54 Å². The Balaban J connectivity index is 2.20. The molecule has 0 amide bonds. The largest absolute Gasteiger partial charge is 0.495 e. The maximum absolute atomic E-state index is 13.7. The van der Waals surface area contributed by atoms with Crippen LogP contribution < -0.4 is 15.8 Å². The van der Waals surface area contributed by atoms with Gasteiger partial charge in [0.1, 0.15) is 17.4 Å². The predicted octanol–water partition coefficient (Wildman–Crippen LogP) is 3.93. The molecule has 0 saturated carbocycles. The molecule has 0 bridgehead atoms. The summed E-state index contributed by atoms with van der Waals surface area (Å²) in [6, 6.07) is 7.19. The lowest BCUT2D eigenvalue weighted by Crippen LogP contribution is -2.05. The monoisotopic (exact) mass is 342 g/mol. The summed E-state index contributed by atoms with van der Waals surface area (Å²) in [6.45, 7) is 0.148. The summed E-state index contributed by atoms with van der Waals surface area (Å²) in [4.78, 5) is 0. The van der Waals surface area contributed by atoms with E-state index in [1.807, 2.05) is 0 Å². The van der Waals surface area contributed by atoms with Crippen molar-refractivity contribution < 1.29 is 13.5 Å². The van der Waals surface area contributed by atoms with Gasteiger partial charge >= 0.3 is 0 Å². The van der Waals surface area contributed by atoms with E-state index in [9.17, 15) is 8.78 Å². The van der Waals surface area contributed by atoms with E-state index in [4.69, 9.17) is 10.5 Å². The molecule has 20 heavy (non-hydrogen) atoms. The van der Waals surface area contributed by atoms with Crippen LogP contribution in [0.15, 0.2) is 34.8 Å². The highest BCUT2D eigenvalue weighted by molar-refractivity contribution is 9.10. The second-order valence-corrected chi connectivity index (χ2v) is 5.08. The van der Waals surface area contributed by atoms with Crippen molar-refractivity contribution in [3.8, 4) is 5.75 Å². The molecule has 3 nitrogen and oxygen atoms in total. The fourth-order valence-corrected chi connectivity index (χ4v) is 2.16. The highest BCUT2D eigenvalue weighted by atomic mass is 79.9. The number of hydrogen-bond donors (Lipinski definition) is 2. The fraction of sp³-hybridized carbons (Fsp3) is 0.143. The van der Waals surface area contributed by atoms with E-state index in [1.165, 1.54) is 25.3 Å². The van der Waals surface area contributed by atoms with Gasteiger partial charge in [0.15, 0.2) is 0 Å². The smallest absolute Gasteiger partial charge is 0.148 e. The molecule has 0 fully saturated rings. The van der Waals surface area contributed by atoms with Crippen LogP contribution in [0.4, 0.5) is 20.2 Å². The Morgan fingerprint density at radius 1 is 1.20 bits per heavy atom. The minimum absolute atomic E-state index is 0.148. The van der Waals surface area contributed by atoms with Crippen LogP contribution in [0.25, 0.3) is 0 Å². The van der Waals surface area contributed by atoms with Crippen LogP contribution in [0.1, 0.15) is 5.56 Å². The lowest BCUT2D eigenvalue weighted by atomic mass is 10.2. The minimum Gasteiger partial charge on any atom is -0.495 e. The van der Waals surface area contributed by atoms with E-state index >= 15 is 0 Å². The van der Waals surface area contributed by atoms with E-state index in [-0.39, 0.29) is 23.7 Å². The van der Waals surface area contributed by atoms with E-state index in [1.54, 1.807) is 12.1 Å². The molecule has 0 aliphatic carbocycles. The van der Waals surface area contributed by atoms with Crippen LogP contribution in [0, 0.1) is 11.6 Å². The number of ether oxygens (including phenoxy) is 1. The third-order valence-corrected chi connectivity index (χ3v) is 3.29. The Bertz CT molecular complexity index is 635. The summed E-state index contributed by atoms with van der Waals surface area (Å²) in [6.07, 6.45) is 0. The van der Waals surface area contributed by atoms with E-state index in [2.05, 4.69) is 21.2 Å². The fourth-order valence-electron chi connectivity index (χ4n) is 1.75. The Morgan fingerprint density at radius 2 is 1.95 bits per heavy atom. The second-order valence-electron chi connectivity index (χ2n) is 4.16. The SMILES string of the molecule is COc1cc(NCc2cc(Br)ccc2F)c(F)cc1N. The third-order valence-electron chi connectivity index (χ3n) is 2.80. The Morgan fingerprint density at radius 3 is 2.65 bits per heavy atom. The molecule has 6 heteroatoms. The molecule has 0 radical (unpaired) electrons. The highest BCUT2D eigenvalue weighted by Crippen LogP contribution is 2.28. The molecular weight excluding hydrogens is 330 g/mol. The molecular formula is C14H13BrF2N2O. The average molecular weight is 343 g/mol. The first-order valence-electron chi connectivity index (χ1n) is 5.82. The standard InChI is InChI=1S/C14H13BrF2N2O/c1-20-14-6-13(11(17)5-12(14)18)19-7-8-4-9(15)2-3-10(8)16/h2-6,19H,7,18H2,1H3. The molecule has 0 spiro atoms. The number of benzene rings is 2. The zero-order chi connectivity index (χ0) is 14.7. The maximum atomic E-state index is 13.7. The number of nitrogen functional groups attached to an aromatic ring is 1. The highest BCUT2D eigenvalue weighted by Gasteiger charge is 2.09. The van der Waals surface area contributed by atoms with Crippen molar-refractivity contribution in [2.75, 3.05) is 18.2 Å². The van der Waals surface area contributed by atoms with Gasteiger partial charge in [0.25, 0.3) is 0 Å². The molecule has 0 unspecified atom stereocenters. The number of hydrogen-bond acceptors (Lipinski definition) is 3. The first-order valence-corrected chi connectivity index (χ1v) is 6.61. The van der Waals surface area contributed by atoms with Gasteiger partial charge in [-0.25, -0.2) is 8.78 Å². The van der Waals surface area contributed by atoms with Crippen LogP contribution in [0.5, 0.6) is 5.75 Å². The molecule has 0 saturated heterocycles. The van der Waals surface area contributed by atoms with Gasteiger partial charge in [-0.2, -0.15) is 0 Å². The molecule has 0 aliphatic heterocycles. The molecule has 0 aliphatic rings. The van der Waals surface area contributed by atoms with E-state index < -0.39 is 5.82 Å². The summed E-state index contributed by atoms with van der Waals surface area (Å²) < 4.78 is 33.1. The second kappa shape index (κ2) is 6.09. The van der Waals surface area contributed by atoms with Gasteiger partial charge in [-0.15, -0.1) is 0 Å². The Hall–Kier alpha value is -1.82. The van der Waals surface area contributed by atoms with Gasteiger partial charge in [-0.1, -0.05) is 15.9 Å². The van der Waals surface area contributed by atoms with Crippen molar-refractivity contribution >= 4 is 27.3 Å². The van der Waals surface area contributed by atoms with Crippen molar-refractivity contribution in [1.29, 1.82) is 0 Å². The number of halogens is 3. The van der Waals surface area contributed by atoms with Crippen molar-refractivity contribution in [2.24, 2.45) is 0 Å². The van der Waals surface area contributed by atoms with Crippen molar-refractivity contribution in [3.63, 3.8) is 0 Å². The first kappa shape index (κ1) is 14.6. The van der Waals surface area contributed by atoms with Crippen LogP contribution in [-0.4, -0.2) is 7.11 Å². The van der Waals surface area contributed by atoms with Crippen LogP contribution >= 0.6 is 15.9 Å². The Labute approximate surface area is 123 Å². The normalized spacial score (nSPS) is 10.4. The molecule has 2 aromatic rings. The summed E-state index contributed by atoms with van der Waals surface area (Å²) in [5.41, 5.74) is 6.43. The predicted molar refractivity (Wildman–Crippen MR) is 78.8 cm³/mol. The number of nitrogens with two attached hydrogens (primary N) is 1. The molecule has 0 heterocycles. The van der Waals surface area contributed by atoms with E-state index in [0.29, 0.717) is 11.3 Å².